The zero-order chi connectivity index (χ0) is 19.8. The molecule has 0 aliphatic heterocycles. The second-order valence-corrected chi connectivity index (χ2v) is 6.31. The summed E-state index contributed by atoms with van der Waals surface area (Å²) in [6.07, 6.45) is 3.24. The third kappa shape index (κ3) is 5.82. The Morgan fingerprint density at radius 1 is 0.964 bits per heavy atom. The summed E-state index contributed by atoms with van der Waals surface area (Å²) in [5.74, 6) is 0.782. The average molecular weight is 396 g/mol. The molecule has 1 aromatic heterocycles. The van der Waals surface area contributed by atoms with Crippen LogP contribution in [0, 0.1) is 0 Å². The van der Waals surface area contributed by atoms with E-state index >= 15 is 0 Å². The number of aromatic nitrogens is 1. The fourth-order valence-electron chi connectivity index (χ4n) is 2.39. The molecule has 2 N–H and O–H groups in total. The molecule has 0 unspecified atom stereocenters. The molecule has 0 saturated carbocycles. The number of rotatable bonds is 7. The monoisotopic (exact) mass is 395 g/mol. The summed E-state index contributed by atoms with van der Waals surface area (Å²) in [5, 5.41) is 6.12. The molecule has 28 heavy (non-hydrogen) atoms. The Labute approximate surface area is 167 Å². The van der Waals surface area contributed by atoms with Crippen LogP contribution < -0.4 is 15.4 Å². The van der Waals surface area contributed by atoms with Crippen molar-refractivity contribution < 1.29 is 14.3 Å². The van der Waals surface area contributed by atoms with Gasteiger partial charge in [0.1, 0.15) is 11.5 Å². The molecule has 7 heteroatoms. The smallest absolute Gasteiger partial charge is 0.251 e. The Morgan fingerprint density at radius 3 is 2.46 bits per heavy atom. The van der Waals surface area contributed by atoms with Crippen molar-refractivity contribution in [3.63, 3.8) is 0 Å². The first-order chi connectivity index (χ1) is 13.6. The number of amides is 2. The van der Waals surface area contributed by atoms with Gasteiger partial charge in [0.15, 0.2) is 0 Å². The minimum absolute atomic E-state index is 0.152. The lowest BCUT2D eigenvalue weighted by Gasteiger charge is -2.09. The van der Waals surface area contributed by atoms with Crippen molar-refractivity contribution in [1.82, 2.24) is 10.3 Å². The van der Waals surface area contributed by atoms with Gasteiger partial charge in [0, 0.05) is 47.7 Å². The van der Waals surface area contributed by atoms with Crippen molar-refractivity contribution >= 4 is 29.1 Å². The maximum absolute atomic E-state index is 12.1. The van der Waals surface area contributed by atoms with E-state index in [4.69, 9.17) is 16.3 Å². The topological polar surface area (TPSA) is 80.3 Å². The highest BCUT2D eigenvalue weighted by molar-refractivity contribution is 6.30. The highest BCUT2D eigenvalue weighted by atomic mass is 35.5. The first kappa shape index (κ1) is 19.4. The van der Waals surface area contributed by atoms with Crippen LogP contribution in [0.4, 0.5) is 5.69 Å². The van der Waals surface area contributed by atoms with Crippen molar-refractivity contribution in [3.8, 4) is 11.5 Å². The van der Waals surface area contributed by atoms with Crippen molar-refractivity contribution in [2.75, 3.05) is 11.9 Å². The Bertz CT molecular complexity index is 947. The molecule has 142 valence electrons. The molecule has 2 amide bonds. The molecule has 2 aromatic carbocycles. The van der Waals surface area contributed by atoms with Crippen molar-refractivity contribution in [2.24, 2.45) is 0 Å². The number of pyridine rings is 1. The number of ether oxygens (including phenoxy) is 1. The number of benzene rings is 2. The summed E-state index contributed by atoms with van der Waals surface area (Å²) >= 11 is 5.86. The molecule has 0 bridgehead atoms. The lowest BCUT2D eigenvalue weighted by Crippen LogP contribution is -2.27. The summed E-state index contributed by atoms with van der Waals surface area (Å²) in [5.41, 5.74) is 1.11. The van der Waals surface area contributed by atoms with E-state index in [1.807, 2.05) is 0 Å². The SMILES string of the molecule is O=C(CCNC(=O)c1ccncc1)Nc1cccc(Oc2ccc(Cl)cc2)c1. The van der Waals surface area contributed by atoms with Crippen LogP contribution in [-0.4, -0.2) is 23.3 Å². The van der Waals surface area contributed by atoms with Crippen LogP contribution in [0.5, 0.6) is 11.5 Å². The number of halogens is 1. The van der Waals surface area contributed by atoms with Gasteiger partial charge in [-0.15, -0.1) is 0 Å². The Hall–Kier alpha value is -3.38. The van der Waals surface area contributed by atoms with Gasteiger partial charge in [-0.2, -0.15) is 0 Å². The van der Waals surface area contributed by atoms with Gasteiger partial charge in [-0.3, -0.25) is 14.6 Å². The second-order valence-electron chi connectivity index (χ2n) is 5.87. The Morgan fingerprint density at radius 2 is 1.71 bits per heavy atom. The van der Waals surface area contributed by atoms with E-state index in [-0.39, 0.29) is 24.8 Å². The third-order valence-electron chi connectivity index (χ3n) is 3.75. The predicted molar refractivity (Wildman–Crippen MR) is 108 cm³/mol. The number of carbonyl (C=O) groups is 2. The fourth-order valence-corrected chi connectivity index (χ4v) is 2.52. The van der Waals surface area contributed by atoms with Gasteiger partial charge in [0.2, 0.25) is 5.91 Å². The number of carbonyl (C=O) groups excluding carboxylic acids is 2. The zero-order valence-electron chi connectivity index (χ0n) is 14.9. The van der Waals surface area contributed by atoms with Crippen LogP contribution in [-0.2, 0) is 4.79 Å². The molecular weight excluding hydrogens is 378 g/mol. The highest BCUT2D eigenvalue weighted by Crippen LogP contribution is 2.25. The van der Waals surface area contributed by atoms with Crippen LogP contribution in [0.25, 0.3) is 0 Å². The molecule has 0 spiro atoms. The summed E-state index contributed by atoms with van der Waals surface area (Å²) in [4.78, 5) is 27.9. The van der Waals surface area contributed by atoms with E-state index in [1.54, 1.807) is 73.1 Å². The number of anilines is 1. The minimum Gasteiger partial charge on any atom is -0.457 e. The zero-order valence-corrected chi connectivity index (χ0v) is 15.6. The molecular formula is C21H18ClN3O3. The largest absolute Gasteiger partial charge is 0.457 e. The molecule has 0 aliphatic rings. The summed E-state index contributed by atoms with van der Waals surface area (Å²) in [7, 11) is 0. The van der Waals surface area contributed by atoms with E-state index < -0.39 is 0 Å². The number of nitrogens with one attached hydrogen (secondary N) is 2. The van der Waals surface area contributed by atoms with E-state index in [2.05, 4.69) is 15.6 Å². The standard InChI is InChI=1S/C21H18ClN3O3/c22-16-4-6-18(7-5-16)28-19-3-1-2-17(14-19)25-20(26)10-13-24-21(27)15-8-11-23-12-9-15/h1-9,11-12,14H,10,13H2,(H,24,27)(H,25,26). The van der Waals surface area contributed by atoms with Crippen molar-refractivity contribution in [2.45, 2.75) is 6.42 Å². The van der Waals surface area contributed by atoms with Crippen LogP contribution in [0.15, 0.2) is 73.1 Å². The van der Waals surface area contributed by atoms with Gasteiger partial charge >= 0.3 is 0 Å². The molecule has 0 atom stereocenters. The van der Waals surface area contributed by atoms with Gasteiger partial charge in [-0.05, 0) is 48.5 Å². The maximum Gasteiger partial charge on any atom is 0.251 e. The lowest BCUT2D eigenvalue weighted by atomic mass is 10.2. The van der Waals surface area contributed by atoms with E-state index in [0.29, 0.717) is 27.8 Å². The van der Waals surface area contributed by atoms with Gasteiger partial charge in [-0.25, -0.2) is 0 Å². The molecule has 6 nitrogen and oxygen atoms in total. The Balaban J connectivity index is 1.48. The molecule has 0 aliphatic carbocycles. The van der Waals surface area contributed by atoms with Crippen LogP contribution in [0.1, 0.15) is 16.8 Å². The van der Waals surface area contributed by atoms with E-state index in [1.165, 1.54) is 0 Å². The number of hydrogen-bond donors (Lipinski definition) is 2. The van der Waals surface area contributed by atoms with Crippen LogP contribution in [0.2, 0.25) is 5.02 Å². The summed E-state index contributed by atoms with van der Waals surface area (Å²) in [6, 6.07) is 17.3. The average Bonchev–Trinajstić information content (AvgIpc) is 2.70. The normalized spacial score (nSPS) is 10.2. The summed E-state index contributed by atoms with van der Waals surface area (Å²) in [6.45, 7) is 0.230. The molecule has 0 radical (unpaired) electrons. The van der Waals surface area contributed by atoms with Gasteiger partial charge in [0.05, 0.1) is 0 Å². The predicted octanol–water partition coefficient (Wildman–Crippen LogP) is 4.29. The van der Waals surface area contributed by atoms with Gasteiger partial charge in [0.25, 0.3) is 5.91 Å². The maximum atomic E-state index is 12.1. The molecule has 0 fully saturated rings. The second kappa shape index (κ2) is 9.53. The van der Waals surface area contributed by atoms with E-state index in [9.17, 15) is 9.59 Å². The first-order valence-corrected chi connectivity index (χ1v) is 8.99. The third-order valence-corrected chi connectivity index (χ3v) is 4.00. The number of hydrogen-bond acceptors (Lipinski definition) is 4. The van der Waals surface area contributed by atoms with Gasteiger partial charge < -0.3 is 15.4 Å². The Kier molecular flexibility index (Phi) is 6.59. The van der Waals surface area contributed by atoms with Crippen LogP contribution in [0.3, 0.4) is 0 Å². The van der Waals surface area contributed by atoms with Crippen molar-refractivity contribution in [3.05, 3.63) is 83.6 Å². The van der Waals surface area contributed by atoms with E-state index in [0.717, 1.165) is 0 Å². The minimum atomic E-state index is -0.242. The van der Waals surface area contributed by atoms with Crippen LogP contribution >= 0.6 is 11.6 Å². The molecule has 0 saturated heterocycles. The lowest BCUT2D eigenvalue weighted by molar-refractivity contribution is -0.116. The molecule has 3 aromatic rings. The van der Waals surface area contributed by atoms with Gasteiger partial charge in [-0.1, -0.05) is 17.7 Å². The highest BCUT2D eigenvalue weighted by Gasteiger charge is 2.07. The number of nitrogens with zero attached hydrogens (tertiary/aromatic N) is 1. The summed E-state index contributed by atoms with van der Waals surface area (Å²) < 4.78 is 5.75. The fraction of sp³-hybridized carbons (Fsp3) is 0.0952. The van der Waals surface area contributed by atoms with Crippen molar-refractivity contribution in [1.29, 1.82) is 0 Å². The molecule has 1 heterocycles. The molecule has 3 rings (SSSR count). The quantitative estimate of drug-likeness (QED) is 0.625. The first-order valence-electron chi connectivity index (χ1n) is 8.62.